The van der Waals surface area contributed by atoms with Crippen molar-refractivity contribution in [1.82, 2.24) is 4.98 Å². The fourth-order valence-electron chi connectivity index (χ4n) is 2.31. The van der Waals surface area contributed by atoms with Gasteiger partial charge in [0.25, 0.3) is 5.56 Å². The summed E-state index contributed by atoms with van der Waals surface area (Å²) in [5.74, 6) is -0.257. The van der Waals surface area contributed by atoms with Crippen LogP contribution in [0.5, 0.6) is 0 Å². The average Bonchev–Trinajstić information content (AvgIpc) is 2.49. The zero-order valence-electron chi connectivity index (χ0n) is 11.6. The van der Waals surface area contributed by atoms with Crippen LogP contribution in [0.4, 0.5) is 10.1 Å². The monoisotopic (exact) mass is 282 g/mol. The Morgan fingerprint density at radius 1 is 1.14 bits per heavy atom. The SMILES string of the molecule is Cc1c(F)cccc1NCc1cc2ccccc2[nH]c1=O. The molecule has 0 amide bonds. The predicted molar refractivity (Wildman–Crippen MR) is 83.0 cm³/mol. The molecular weight excluding hydrogens is 267 g/mol. The van der Waals surface area contributed by atoms with Crippen molar-refractivity contribution in [2.45, 2.75) is 13.5 Å². The smallest absolute Gasteiger partial charge is 0.253 e. The Labute approximate surface area is 121 Å². The minimum Gasteiger partial charge on any atom is -0.380 e. The van der Waals surface area contributed by atoms with Gasteiger partial charge in [0.2, 0.25) is 0 Å². The van der Waals surface area contributed by atoms with Crippen LogP contribution in [0.25, 0.3) is 10.9 Å². The Morgan fingerprint density at radius 2 is 1.95 bits per heavy atom. The number of para-hydroxylation sites is 1. The van der Waals surface area contributed by atoms with Gasteiger partial charge >= 0.3 is 0 Å². The van der Waals surface area contributed by atoms with E-state index in [9.17, 15) is 9.18 Å². The number of hydrogen-bond donors (Lipinski definition) is 2. The third kappa shape index (κ3) is 2.65. The Hall–Kier alpha value is -2.62. The highest BCUT2D eigenvalue weighted by Crippen LogP contribution is 2.18. The summed E-state index contributed by atoms with van der Waals surface area (Å²) >= 11 is 0. The first-order valence-corrected chi connectivity index (χ1v) is 6.75. The van der Waals surface area contributed by atoms with Gasteiger partial charge in [-0.15, -0.1) is 0 Å². The fourth-order valence-corrected chi connectivity index (χ4v) is 2.31. The molecule has 0 radical (unpaired) electrons. The molecule has 3 aromatic rings. The molecule has 0 aliphatic heterocycles. The van der Waals surface area contributed by atoms with Gasteiger partial charge in [-0.2, -0.15) is 0 Å². The first-order chi connectivity index (χ1) is 10.1. The zero-order chi connectivity index (χ0) is 14.8. The van der Waals surface area contributed by atoms with Crippen molar-refractivity contribution in [2.75, 3.05) is 5.32 Å². The molecule has 106 valence electrons. The second kappa shape index (κ2) is 5.40. The molecule has 0 aliphatic carbocycles. The van der Waals surface area contributed by atoms with E-state index in [1.165, 1.54) is 6.07 Å². The first kappa shape index (κ1) is 13.4. The van der Waals surface area contributed by atoms with Crippen LogP contribution >= 0.6 is 0 Å². The fraction of sp³-hybridized carbons (Fsp3) is 0.118. The van der Waals surface area contributed by atoms with Gasteiger partial charge in [-0.05, 0) is 36.6 Å². The predicted octanol–water partition coefficient (Wildman–Crippen LogP) is 3.59. The minimum absolute atomic E-state index is 0.129. The standard InChI is InChI=1S/C17H15FN2O/c1-11-14(18)6-4-8-15(11)19-10-13-9-12-5-2-3-7-16(12)20-17(13)21/h2-9,19H,10H2,1H3,(H,20,21). The molecule has 0 bridgehead atoms. The van der Waals surface area contributed by atoms with Gasteiger partial charge in [0.05, 0.1) is 0 Å². The number of rotatable bonds is 3. The maximum Gasteiger partial charge on any atom is 0.253 e. The van der Waals surface area contributed by atoms with Crippen molar-refractivity contribution in [3.63, 3.8) is 0 Å². The molecule has 1 aromatic heterocycles. The lowest BCUT2D eigenvalue weighted by Crippen LogP contribution is -2.16. The van der Waals surface area contributed by atoms with E-state index in [1.807, 2.05) is 30.3 Å². The van der Waals surface area contributed by atoms with E-state index in [-0.39, 0.29) is 11.4 Å². The number of pyridine rings is 1. The summed E-state index contributed by atoms with van der Waals surface area (Å²) < 4.78 is 13.5. The second-order valence-corrected chi connectivity index (χ2v) is 4.98. The summed E-state index contributed by atoms with van der Waals surface area (Å²) in [6, 6.07) is 14.3. The van der Waals surface area contributed by atoms with E-state index in [4.69, 9.17) is 0 Å². The van der Waals surface area contributed by atoms with Gasteiger partial charge < -0.3 is 10.3 Å². The molecule has 0 aliphatic rings. The van der Waals surface area contributed by atoms with Crippen molar-refractivity contribution in [1.29, 1.82) is 0 Å². The topological polar surface area (TPSA) is 44.9 Å². The average molecular weight is 282 g/mol. The highest BCUT2D eigenvalue weighted by atomic mass is 19.1. The maximum atomic E-state index is 13.5. The van der Waals surface area contributed by atoms with Crippen LogP contribution in [0.2, 0.25) is 0 Å². The van der Waals surface area contributed by atoms with Crippen LogP contribution in [0.1, 0.15) is 11.1 Å². The number of benzene rings is 2. The molecule has 0 saturated heterocycles. The molecule has 2 aromatic carbocycles. The molecule has 0 fully saturated rings. The van der Waals surface area contributed by atoms with Gasteiger partial charge in [-0.1, -0.05) is 24.3 Å². The number of aromatic nitrogens is 1. The maximum absolute atomic E-state index is 13.5. The molecule has 0 saturated carbocycles. The van der Waals surface area contributed by atoms with Gasteiger partial charge in [0.15, 0.2) is 0 Å². The number of nitrogens with one attached hydrogen (secondary N) is 2. The minimum atomic E-state index is -0.257. The number of aromatic amines is 1. The van der Waals surface area contributed by atoms with Crippen molar-refractivity contribution in [3.8, 4) is 0 Å². The number of hydrogen-bond acceptors (Lipinski definition) is 2. The van der Waals surface area contributed by atoms with Crippen molar-refractivity contribution in [2.24, 2.45) is 0 Å². The highest BCUT2D eigenvalue weighted by molar-refractivity contribution is 5.78. The molecule has 3 nitrogen and oxygen atoms in total. The number of H-pyrrole nitrogens is 1. The largest absolute Gasteiger partial charge is 0.380 e. The number of anilines is 1. The summed E-state index contributed by atoms with van der Waals surface area (Å²) in [5, 5.41) is 4.09. The normalized spacial score (nSPS) is 10.8. The summed E-state index contributed by atoms with van der Waals surface area (Å²) in [7, 11) is 0. The molecule has 2 N–H and O–H groups in total. The molecule has 3 rings (SSSR count). The van der Waals surface area contributed by atoms with Crippen LogP contribution in [-0.2, 0) is 6.54 Å². The first-order valence-electron chi connectivity index (χ1n) is 6.75. The summed E-state index contributed by atoms with van der Waals surface area (Å²) in [6.07, 6.45) is 0. The Balaban J connectivity index is 1.90. The third-order valence-corrected chi connectivity index (χ3v) is 3.57. The van der Waals surface area contributed by atoms with E-state index in [1.54, 1.807) is 19.1 Å². The molecule has 21 heavy (non-hydrogen) atoms. The van der Waals surface area contributed by atoms with Crippen LogP contribution in [0.3, 0.4) is 0 Å². The van der Waals surface area contributed by atoms with E-state index in [2.05, 4.69) is 10.3 Å². The van der Waals surface area contributed by atoms with Crippen LogP contribution in [-0.4, -0.2) is 4.98 Å². The quantitative estimate of drug-likeness (QED) is 0.771. The van der Waals surface area contributed by atoms with E-state index in [0.717, 1.165) is 10.9 Å². The van der Waals surface area contributed by atoms with Gasteiger partial charge in [0.1, 0.15) is 5.82 Å². The molecule has 0 spiro atoms. The highest BCUT2D eigenvalue weighted by Gasteiger charge is 2.05. The molecule has 0 atom stereocenters. The van der Waals surface area contributed by atoms with Crippen LogP contribution < -0.4 is 10.9 Å². The number of fused-ring (bicyclic) bond motifs is 1. The lowest BCUT2D eigenvalue weighted by molar-refractivity contribution is 0.619. The van der Waals surface area contributed by atoms with Crippen LogP contribution in [0, 0.1) is 12.7 Å². The van der Waals surface area contributed by atoms with Gasteiger partial charge in [-0.3, -0.25) is 4.79 Å². The van der Waals surface area contributed by atoms with Crippen molar-refractivity contribution in [3.05, 3.63) is 75.8 Å². The van der Waals surface area contributed by atoms with Crippen molar-refractivity contribution >= 4 is 16.6 Å². The van der Waals surface area contributed by atoms with Crippen LogP contribution in [0.15, 0.2) is 53.3 Å². The number of halogens is 1. The Bertz CT molecular complexity index is 855. The van der Waals surface area contributed by atoms with Gasteiger partial charge in [-0.25, -0.2) is 4.39 Å². The van der Waals surface area contributed by atoms with Crippen molar-refractivity contribution < 1.29 is 4.39 Å². The molecule has 1 heterocycles. The summed E-state index contributed by atoms with van der Waals surface area (Å²) in [6.45, 7) is 2.06. The Morgan fingerprint density at radius 3 is 2.81 bits per heavy atom. The second-order valence-electron chi connectivity index (χ2n) is 4.98. The molecule has 4 heteroatoms. The molecular formula is C17H15FN2O. The summed E-state index contributed by atoms with van der Waals surface area (Å²) in [4.78, 5) is 14.9. The van der Waals surface area contributed by atoms with E-state index in [0.29, 0.717) is 23.4 Å². The third-order valence-electron chi connectivity index (χ3n) is 3.57. The summed E-state index contributed by atoms with van der Waals surface area (Å²) in [5.41, 5.74) is 2.55. The van der Waals surface area contributed by atoms with Gasteiger partial charge in [0, 0.05) is 28.9 Å². The lowest BCUT2D eigenvalue weighted by Gasteiger charge is -2.10. The van der Waals surface area contributed by atoms with E-state index < -0.39 is 0 Å². The molecule has 0 unspecified atom stereocenters. The zero-order valence-corrected chi connectivity index (χ0v) is 11.6. The Kier molecular flexibility index (Phi) is 3.44. The lowest BCUT2D eigenvalue weighted by atomic mass is 10.1. The van der Waals surface area contributed by atoms with E-state index >= 15 is 0 Å².